The van der Waals surface area contributed by atoms with Gasteiger partial charge in [-0.15, -0.1) is 5.10 Å². The molecule has 0 bridgehead atoms. The number of carbonyl (C=O) groups excluding carboxylic acids is 1. The summed E-state index contributed by atoms with van der Waals surface area (Å²) in [5.41, 5.74) is 0.612. The van der Waals surface area contributed by atoms with Crippen molar-refractivity contribution < 1.29 is 4.79 Å². The number of benzene rings is 1. The molecule has 2 heterocycles. The van der Waals surface area contributed by atoms with Crippen LogP contribution >= 0.6 is 11.6 Å². The van der Waals surface area contributed by atoms with Gasteiger partial charge in [0.15, 0.2) is 5.82 Å². The molecule has 0 aliphatic carbocycles. The lowest BCUT2D eigenvalue weighted by molar-refractivity contribution is -0.120. The van der Waals surface area contributed by atoms with E-state index in [1.165, 1.54) is 28.1 Å². The third kappa shape index (κ3) is 4.51. The zero-order valence-electron chi connectivity index (χ0n) is 13.2. The Morgan fingerprint density at radius 1 is 1.16 bits per heavy atom. The first-order valence-corrected chi connectivity index (χ1v) is 7.94. The van der Waals surface area contributed by atoms with Gasteiger partial charge in [0.25, 0.3) is 5.56 Å². The van der Waals surface area contributed by atoms with E-state index in [-0.39, 0.29) is 24.4 Å². The normalized spacial score (nSPS) is 10.6. The summed E-state index contributed by atoms with van der Waals surface area (Å²) in [7, 11) is 0. The van der Waals surface area contributed by atoms with Crippen LogP contribution in [0.2, 0.25) is 5.02 Å². The smallest absolute Gasteiger partial charge is 0.266 e. The summed E-state index contributed by atoms with van der Waals surface area (Å²) in [6, 6.07) is 10.0. The molecule has 1 amide bonds. The highest BCUT2D eigenvalue weighted by Gasteiger charge is 2.06. The number of rotatable bonds is 6. The van der Waals surface area contributed by atoms with E-state index >= 15 is 0 Å². The van der Waals surface area contributed by atoms with Crippen LogP contribution in [0, 0.1) is 0 Å². The fourth-order valence-corrected chi connectivity index (χ4v) is 2.32. The number of halogens is 1. The Morgan fingerprint density at radius 3 is 2.68 bits per heavy atom. The minimum atomic E-state index is -0.254. The van der Waals surface area contributed by atoms with Crippen LogP contribution in [0.25, 0.3) is 5.82 Å². The Kier molecular flexibility index (Phi) is 5.20. The molecule has 0 spiro atoms. The van der Waals surface area contributed by atoms with Gasteiger partial charge in [0.2, 0.25) is 5.91 Å². The van der Waals surface area contributed by atoms with Gasteiger partial charge < -0.3 is 5.32 Å². The van der Waals surface area contributed by atoms with Crippen molar-refractivity contribution in [1.29, 1.82) is 0 Å². The maximum absolute atomic E-state index is 12.0. The standard InChI is InChI=1S/C16H15ClN6O2/c17-13-3-1-12(2-4-13)9-15(24)19-7-8-22-16(25)6-5-14(21-22)23-11-18-10-20-23/h1-6,10-11H,7-9H2,(H,19,24). The summed E-state index contributed by atoms with van der Waals surface area (Å²) >= 11 is 5.81. The van der Waals surface area contributed by atoms with E-state index < -0.39 is 0 Å². The number of carbonyl (C=O) groups is 1. The predicted octanol–water partition coefficient (Wildman–Crippen LogP) is 0.836. The summed E-state index contributed by atoms with van der Waals surface area (Å²) in [5.74, 6) is 0.340. The highest BCUT2D eigenvalue weighted by atomic mass is 35.5. The lowest BCUT2D eigenvalue weighted by Gasteiger charge is -2.08. The maximum atomic E-state index is 12.0. The number of amides is 1. The van der Waals surface area contributed by atoms with Crippen LogP contribution in [0.4, 0.5) is 0 Å². The second kappa shape index (κ2) is 7.71. The lowest BCUT2D eigenvalue weighted by Crippen LogP contribution is -2.33. The number of hydrogen-bond acceptors (Lipinski definition) is 5. The zero-order valence-corrected chi connectivity index (χ0v) is 13.9. The number of nitrogens with zero attached hydrogens (tertiary/aromatic N) is 5. The molecule has 3 rings (SSSR count). The van der Waals surface area contributed by atoms with Gasteiger partial charge >= 0.3 is 0 Å². The summed E-state index contributed by atoms with van der Waals surface area (Å²) in [4.78, 5) is 27.7. The fourth-order valence-electron chi connectivity index (χ4n) is 2.20. The molecule has 0 atom stereocenters. The van der Waals surface area contributed by atoms with Gasteiger partial charge in [-0.25, -0.2) is 14.3 Å². The van der Waals surface area contributed by atoms with E-state index in [4.69, 9.17) is 11.6 Å². The lowest BCUT2D eigenvalue weighted by atomic mass is 10.1. The average Bonchev–Trinajstić information content (AvgIpc) is 3.13. The Hall–Kier alpha value is -3.00. The highest BCUT2D eigenvalue weighted by molar-refractivity contribution is 6.30. The van der Waals surface area contributed by atoms with Crippen LogP contribution in [0.15, 0.2) is 53.8 Å². The van der Waals surface area contributed by atoms with E-state index in [1.54, 1.807) is 30.3 Å². The minimum absolute atomic E-state index is 0.136. The van der Waals surface area contributed by atoms with E-state index in [0.29, 0.717) is 17.4 Å². The summed E-state index contributed by atoms with van der Waals surface area (Å²) < 4.78 is 2.73. The Bertz CT molecular complexity index is 905. The molecular formula is C16H15ClN6O2. The van der Waals surface area contributed by atoms with E-state index in [1.807, 2.05) is 0 Å². The first-order valence-electron chi connectivity index (χ1n) is 7.56. The Morgan fingerprint density at radius 2 is 1.96 bits per heavy atom. The van der Waals surface area contributed by atoms with E-state index in [9.17, 15) is 9.59 Å². The van der Waals surface area contributed by atoms with Gasteiger partial charge in [0, 0.05) is 17.6 Å². The zero-order chi connectivity index (χ0) is 17.6. The summed E-state index contributed by atoms with van der Waals surface area (Å²) in [6.45, 7) is 0.549. The van der Waals surface area contributed by atoms with E-state index in [0.717, 1.165) is 5.56 Å². The monoisotopic (exact) mass is 358 g/mol. The van der Waals surface area contributed by atoms with Gasteiger partial charge in [-0.3, -0.25) is 9.59 Å². The molecule has 0 radical (unpaired) electrons. The third-order valence-corrected chi connectivity index (χ3v) is 3.68. The van der Waals surface area contributed by atoms with Crippen LogP contribution in [0.1, 0.15) is 5.56 Å². The molecule has 0 aliphatic rings. The number of aromatic nitrogens is 5. The second-order valence-electron chi connectivity index (χ2n) is 5.25. The second-order valence-corrected chi connectivity index (χ2v) is 5.68. The first kappa shape index (κ1) is 16.8. The Labute approximate surface area is 148 Å². The van der Waals surface area contributed by atoms with Crippen LogP contribution in [0.3, 0.4) is 0 Å². The van der Waals surface area contributed by atoms with Crippen LogP contribution in [0.5, 0.6) is 0 Å². The molecule has 8 nitrogen and oxygen atoms in total. The van der Waals surface area contributed by atoms with Crippen molar-refractivity contribution in [3.63, 3.8) is 0 Å². The Balaban J connectivity index is 1.56. The first-order chi connectivity index (χ1) is 12.1. The van der Waals surface area contributed by atoms with Crippen molar-refractivity contribution in [2.45, 2.75) is 13.0 Å². The molecular weight excluding hydrogens is 344 g/mol. The molecule has 3 aromatic rings. The van der Waals surface area contributed by atoms with Crippen molar-refractivity contribution in [3.8, 4) is 5.82 Å². The summed E-state index contributed by atoms with van der Waals surface area (Å²) in [5, 5.41) is 11.6. The van der Waals surface area contributed by atoms with Gasteiger partial charge in [0.1, 0.15) is 12.7 Å². The topological polar surface area (TPSA) is 94.7 Å². The van der Waals surface area contributed by atoms with Crippen LogP contribution < -0.4 is 10.9 Å². The molecule has 1 aromatic carbocycles. The maximum Gasteiger partial charge on any atom is 0.266 e. The van der Waals surface area contributed by atoms with Crippen LogP contribution in [-0.2, 0) is 17.8 Å². The SMILES string of the molecule is O=C(Cc1ccc(Cl)cc1)NCCn1nc(-n2cncn2)ccc1=O. The largest absolute Gasteiger partial charge is 0.354 e. The van der Waals surface area contributed by atoms with Gasteiger partial charge in [-0.05, 0) is 23.8 Å². The molecule has 2 aromatic heterocycles. The number of nitrogens with one attached hydrogen (secondary N) is 1. The molecule has 0 aliphatic heterocycles. The van der Waals surface area contributed by atoms with Gasteiger partial charge in [0.05, 0.1) is 13.0 Å². The molecule has 0 fully saturated rings. The molecule has 1 N–H and O–H groups in total. The predicted molar refractivity (Wildman–Crippen MR) is 91.6 cm³/mol. The number of hydrogen-bond donors (Lipinski definition) is 1. The van der Waals surface area contributed by atoms with Crippen molar-refractivity contribution in [2.75, 3.05) is 6.54 Å². The highest BCUT2D eigenvalue weighted by Crippen LogP contribution is 2.09. The van der Waals surface area contributed by atoms with Gasteiger partial charge in [-0.1, -0.05) is 23.7 Å². The van der Waals surface area contributed by atoms with Crippen molar-refractivity contribution in [2.24, 2.45) is 0 Å². The molecule has 0 unspecified atom stereocenters. The molecule has 0 saturated carbocycles. The molecule has 128 valence electrons. The average molecular weight is 359 g/mol. The van der Waals surface area contributed by atoms with E-state index in [2.05, 4.69) is 20.5 Å². The van der Waals surface area contributed by atoms with Crippen molar-refractivity contribution >= 4 is 17.5 Å². The summed E-state index contributed by atoms with van der Waals surface area (Å²) in [6.07, 6.45) is 3.12. The van der Waals surface area contributed by atoms with Crippen LogP contribution in [-0.4, -0.2) is 37.0 Å². The minimum Gasteiger partial charge on any atom is -0.354 e. The third-order valence-electron chi connectivity index (χ3n) is 3.43. The van der Waals surface area contributed by atoms with Crippen molar-refractivity contribution in [3.05, 3.63) is 70.0 Å². The fraction of sp³-hybridized carbons (Fsp3) is 0.188. The quantitative estimate of drug-likeness (QED) is 0.704. The van der Waals surface area contributed by atoms with Crippen molar-refractivity contribution in [1.82, 2.24) is 29.9 Å². The molecule has 0 saturated heterocycles. The molecule has 9 heteroatoms. The molecule has 25 heavy (non-hydrogen) atoms. The van der Waals surface area contributed by atoms with Gasteiger partial charge in [-0.2, -0.15) is 5.10 Å².